The number of fused-ring (bicyclic) bond motifs is 1. The minimum atomic E-state index is -0.589. The van der Waals surface area contributed by atoms with Crippen molar-refractivity contribution < 1.29 is 14.6 Å². The van der Waals surface area contributed by atoms with Gasteiger partial charge >= 0.3 is 5.97 Å². The van der Waals surface area contributed by atoms with Crippen LogP contribution in [0.4, 0.5) is 0 Å². The third-order valence-electron chi connectivity index (χ3n) is 5.15. The smallest absolute Gasteiger partial charge is 0.312 e. The summed E-state index contributed by atoms with van der Waals surface area (Å²) < 4.78 is 5.10. The quantitative estimate of drug-likeness (QED) is 0.818. The van der Waals surface area contributed by atoms with Crippen LogP contribution in [0.5, 0.6) is 0 Å². The molecule has 25 heavy (non-hydrogen) atoms. The Morgan fingerprint density at radius 2 is 2.20 bits per heavy atom. The second kappa shape index (κ2) is 7.58. The van der Waals surface area contributed by atoms with Crippen molar-refractivity contribution in [3.63, 3.8) is 0 Å². The fraction of sp³-hybridized carbons (Fsp3) is 0.550. The number of aryl methyl sites for hydroxylation is 2. The summed E-state index contributed by atoms with van der Waals surface area (Å²) in [6, 6.07) is 4.40. The lowest BCUT2D eigenvalue weighted by atomic mass is 9.94. The van der Waals surface area contributed by atoms with Gasteiger partial charge in [0.15, 0.2) is 0 Å². The van der Waals surface area contributed by atoms with Crippen molar-refractivity contribution in [1.29, 1.82) is 0 Å². The number of H-pyrrole nitrogens is 1. The number of aromatic nitrogens is 1. The molecule has 2 heterocycles. The molecule has 1 aromatic heterocycles. The van der Waals surface area contributed by atoms with Crippen LogP contribution in [-0.4, -0.2) is 53.3 Å². The lowest BCUT2D eigenvalue weighted by Gasteiger charge is -2.34. The number of aliphatic hydroxyl groups excluding tert-OH is 1. The first-order valence-corrected chi connectivity index (χ1v) is 9.14. The van der Waals surface area contributed by atoms with E-state index in [1.807, 2.05) is 0 Å². The van der Waals surface area contributed by atoms with E-state index in [1.54, 1.807) is 6.92 Å². The number of aromatic amines is 1. The Labute approximate surface area is 149 Å². The van der Waals surface area contributed by atoms with Crippen LogP contribution in [-0.2, 0) is 16.0 Å². The van der Waals surface area contributed by atoms with E-state index < -0.39 is 12.0 Å². The molecule has 1 saturated heterocycles. The molecule has 2 atom stereocenters. The Balaban J connectivity index is 1.67. The molecule has 0 amide bonds. The summed E-state index contributed by atoms with van der Waals surface area (Å²) in [5, 5.41) is 11.4. The minimum absolute atomic E-state index is 0.280. The molecule has 1 fully saturated rings. The van der Waals surface area contributed by atoms with E-state index >= 15 is 0 Å². The van der Waals surface area contributed by atoms with Crippen molar-refractivity contribution in [2.24, 2.45) is 5.92 Å². The number of piperidine rings is 1. The summed E-state index contributed by atoms with van der Waals surface area (Å²) in [5.74, 6) is -0.709. The fourth-order valence-electron chi connectivity index (χ4n) is 3.91. The number of hydrogen-bond donors (Lipinski definition) is 2. The first-order chi connectivity index (χ1) is 12.0. The number of esters is 1. The highest BCUT2D eigenvalue weighted by Gasteiger charge is 2.34. The Kier molecular flexibility index (Phi) is 5.45. The van der Waals surface area contributed by atoms with Crippen molar-refractivity contribution in [2.75, 3.05) is 26.2 Å². The molecule has 5 heteroatoms. The molecule has 0 unspecified atom stereocenters. The van der Waals surface area contributed by atoms with E-state index in [0.717, 1.165) is 19.5 Å². The largest absolute Gasteiger partial charge is 0.466 e. The Morgan fingerprint density at radius 1 is 1.40 bits per heavy atom. The number of likely N-dealkylation sites (tertiary alicyclic amines) is 1. The van der Waals surface area contributed by atoms with Gasteiger partial charge in [0.2, 0.25) is 0 Å². The van der Waals surface area contributed by atoms with Crippen LogP contribution in [0, 0.1) is 19.8 Å². The van der Waals surface area contributed by atoms with Crippen LogP contribution in [0.3, 0.4) is 0 Å². The lowest BCUT2D eigenvalue weighted by Crippen LogP contribution is -2.47. The van der Waals surface area contributed by atoms with Crippen LogP contribution >= 0.6 is 0 Å². The molecular formula is C20H28N2O3. The van der Waals surface area contributed by atoms with E-state index in [2.05, 4.69) is 42.1 Å². The minimum Gasteiger partial charge on any atom is -0.466 e. The first kappa shape index (κ1) is 18.0. The van der Waals surface area contributed by atoms with Crippen LogP contribution < -0.4 is 0 Å². The zero-order valence-electron chi connectivity index (χ0n) is 15.3. The summed E-state index contributed by atoms with van der Waals surface area (Å²) in [7, 11) is 0. The molecule has 1 aliphatic heterocycles. The number of nitrogens with zero attached hydrogens (tertiary/aromatic N) is 1. The maximum atomic E-state index is 12.0. The van der Waals surface area contributed by atoms with Gasteiger partial charge in [-0.2, -0.15) is 0 Å². The average molecular weight is 344 g/mol. The Bertz CT molecular complexity index is 753. The normalized spacial score (nSPS) is 21.6. The van der Waals surface area contributed by atoms with Crippen molar-refractivity contribution in [3.8, 4) is 0 Å². The molecule has 136 valence electrons. The van der Waals surface area contributed by atoms with E-state index in [4.69, 9.17) is 4.74 Å². The Morgan fingerprint density at radius 3 is 2.96 bits per heavy atom. The molecular weight excluding hydrogens is 316 g/mol. The topological polar surface area (TPSA) is 65.6 Å². The molecule has 2 N–H and O–H groups in total. The van der Waals surface area contributed by atoms with Gasteiger partial charge in [0.25, 0.3) is 0 Å². The third-order valence-corrected chi connectivity index (χ3v) is 5.15. The third kappa shape index (κ3) is 3.88. The molecule has 1 aliphatic rings. The van der Waals surface area contributed by atoms with Crippen LogP contribution in [0.25, 0.3) is 10.9 Å². The Hall–Kier alpha value is -1.85. The molecule has 0 bridgehead atoms. The molecule has 0 aliphatic carbocycles. The van der Waals surface area contributed by atoms with Crippen molar-refractivity contribution in [2.45, 2.75) is 39.7 Å². The van der Waals surface area contributed by atoms with Crippen molar-refractivity contribution in [1.82, 2.24) is 9.88 Å². The second-order valence-electron chi connectivity index (χ2n) is 7.08. The van der Waals surface area contributed by atoms with Gasteiger partial charge in [-0.3, -0.25) is 4.79 Å². The summed E-state index contributed by atoms with van der Waals surface area (Å²) in [5.41, 5.74) is 5.06. The number of ether oxygens (including phenoxy) is 1. The van der Waals surface area contributed by atoms with E-state index in [9.17, 15) is 9.90 Å². The van der Waals surface area contributed by atoms with Gasteiger partial charge in [-0.15, -0.1) is 0 Å². The van der Waals surface area contributed by atoms with E-state index in [-0.39, 0.29) is 5.97 Å². The van der Waals surface area contributed by atoms with Crippen LogP contribution in [0.15, 0.2) is 18.3 Å². The van der Waals surface area contributed by atoms with Gasteiger partial charge in [0, 0.05) is 36.7 Å². The van der Waals surface area contributed by atoms with Gasteiger partial charge in [-0.25, -0.2) is 0 Å². The van der Waals surface area contributed by atoms with Gasteiger partial charge in [0.05, 0.1) is 18.6 Å². The molecule has 3 rings (SSSR count). The predicted molar refractivity (Wildman–Crippen MR) is 98.7 cm³/mol. The molecule has 0 saturated carbocycles. The lowest BCUT2D eigenvalue weighted by molar-refractivity contribution is -0.155. The van der Waals surface area contributed by atoms with Gasteiger partial charge in [-0.1, -0.05) is 6.07 Å². The summed E-state index contributed by atoms with van der Waals surface area (Å²) in [4.78, 5) is 17.7. The monoisotopic (exact) mass is 344 g/mol. The maximum Gasteiger partial charge on any atom is 0.312 e. The van der Waals surface area contributed by atoms with Crippen molar-refractivity contribution in [3.05, 3.63) is 35.0 Å². The van der Waals surface area contributed by atoms with Gasteiger partial charge in [0.1, 0.15) is 0 Å². The van der Waals surface area contributed by atoms with Crippen LogP contribution in [0.2, 0.25) is 0 Å². The maximum absolute atomic E-state index is 12.0. The van der Waals surface area contributed by atoms with Gasteiger partial charge in [-0.05, 0) is 56.4 Å². The standard InChI is InChI=1S/C20H28N2O3/c1-4-25-20(24)16-12-22(8-6-18(16)23)7-5-15-11-21-17-10-13(2)9-14(3)19(15)17/h9-11,16,18,21,23H,4-8,12H2,1-3H3/t16-,18+/m1/s1. The number of benzene rings is 1. The summed E-state index contributed by atoms with van der Waals surface area (Å²) in [6.07, 6.45) is 3.05. The van der Waals surface area contributed by atoms with Crippen LogP contribution in [0.1, 0.15) is 30.0 Å². The zero-order chi connectivity index (χ0) is 18.0. The zero-order valence-corrected chi connectivity index (χ0v) is 15.3. The summed E-state index contributed by atoms with van der Waals surface area (Å²) >= 11 is 0. The SMILES string of the molecule is CCOC(=O)[C@@H]1CN(CCc2c[nH]c3cc(C)cc(C)c23)CC[C@@H]1O. The van der Waals surface area contributed by atoms with E-state index in [0.29, 0.717) is 19.6 Å². The molecule has 0 spiro atoms. The first-order valence-electron chi connectivity index (χ1n) is 9.14. The fourth-order valence-corrected chi connectivity index (χ4v) is 3.91. The second-order valence-corrected chi connectivity index (χ2v) is 7.08. The summed E-state index contributed by atoms with van der Waals surface area (Å²) in [6.45, 7) is 8.69. The van der Waals surface area contributed by atoms with E-state index in [1.165, 1.54) is 27.6 Å². The van der Waals surface area contributed by atoms with Crippen molar-refractivity contribution >= 4 is 16.9 Å². The number of hydrogen-bond acceptors (Lipinski definition) is 4. The highest BCUT2D eigenvalue weighted by atomic mass is 16.5. The average Bonchev–Trinajstić information content (AvgIpc) is 2.97. The number of rotatable bonds is 5. The molecule has 0 radical (unpaired) electrons. The number of nitrogens with one attached hydrogen (secondary N) is 1. The number of carbonyl (C=O) groups excluding carboxylic acids is 1. The number of carbonyl (C=O) groups is 1. The highest BCUT2D eigenvalue weighted by molar-refractivity contribution is 5.87. The molecule has 5 nitrogen and oxygen atoms in total. The van der Waals surface area contributed by atoms with Gasteiger partial charge < -0.3 is 19.7 Å². The molecule has 2 aromatic rings. The molecule has 1 aromatic carbocycles. The highest BCUT2D eigenvalue weighted by Crippen LogP contribution is 2.25. The predicted octanol–water partition coefficient (Wildman–Crippen LogP) is 2.57. The number of aliphatic hydroxyl groups is 1.